The van der Waals surface area contributed by atoms with Crippen LogP contribution in [-0.4, -0.2) is 27.3 Å². The molecule has 0 aliphatic carbocycles. The number of amides is 1. The van der Waals surface area contributed by atoms with E-state index in [0.717, 1.165) is 19.3 Å². The number of hydrogen-bond donors (Lipinski definition) is 1. The Morgan fingerprint density at radius 3 is 2.83 bits per heavy atom. The van der Waals surface area contributed by atoms with Gasteiger partial charge in [0.15, 0.2) is 5.69 Å². The van der Waals surface area contributed by atoms with Crippen molar-refractivity contribution in [3.8, 4) is 0 Å². The van der Waals surface area contributed by atoms with Crippen molar-refractivity contribution in [3.05, 3.63) is 62.8 Å². The minimum Gasteiger partial charge on any atom is -0.330 e. The Kier molecular flexibility index (Phi) is 4.51. The zero-order valence-electron chi connectivity index (χ0n) is 14.4. The first-order valence-electron chi connectivity index (χ1n) is 8.49. The molecule has 5 heteroatoms. The number of aromatic amines is 1. The molecule has 2 heterocycles. The van der Waals surface area contributed by atoms with Gasteiger partial charge in [-0.05, 0) is 37.8 Å². The summed E-state index contributed by atoms with van der Waals surface area (Å²) >= 11 is 0. The summed E-state index contributed by atoms with van der Waals surface area (Å²) in [5.74, 6) is -0.271. The van der Waals surface area contributed by atoms with Crippen molar-refractivity contribution >= 4 is 5.91 Å². The number of nitrogens with zero attached hydrogens (tertiary/aromatic N) is 2. The van der Waals surface area contributed by atoms with Gasteiger partial charge in [0.2, 0.25) is 0 Å². The maximum absolute atomic E-state index is 13.0. The molecule has 0 bridgehead atoms. The summed E-state index contributed by atoms with van der Waals surface area (Å²) in [4.78, 5) is 34.1. The molecule has 2 aromatic rings. The molecule has 0 spiro atoms. The number of hydrogen-bond acceptors (Lipinski definition) is 3. The third kappa shape index (κ3) is 2.86. The van der Waals surface area contributed by atoms with Crippen LogP contribution in [0.3, 0.4) is 0 Å². The molecular formula is C19H23N3O2. The number of fused-ring (bicyclic) bond motifs is 1. The summed E-state index contributed by atoms with van der Waals surface area (Å²) in [7, 11) is 0. The minimum atomic E-state index is -0.405. The van der Waals surface area contributed by atoms with Gasteiger partial charge in [0.1, 0.15) is 0 Å². The lowest BCUT2D eigenvalue weighted by Crippen LogP contribution is -2.42. The first-order chi connectivity index (χ1) is 11.5. The standard InChI is InChI=1S/C19H23N3O2/c1-4-7-16-15-9-6-5-8-14(15)10-11-22(16)19(24)17-18(23)21-13(3)12(2)20-17/h5-6,8-9,16H,4,7,10-11H2,1-3H3,(H,21,23)/t16-/m1/s1. The molecular weight excluding hydrogens is 302 g/mol. The van der Waals surface area contributed by atoms with E-state index in [0.29, 0.717) is 17.9 Å². The molecule has 1 aromatic carbocycles. The van der Waals surface area contributed by atoms with Crippen LogP contribution in [0.4, 0.5) is 0 Å². The normalized spacial score (nSPS) is 16.8. The zero-order chi connectivity index (χ0) is 17.3. The summed E-state index contributed by atoms with van der Waals surface area (Å²) in [5, 5.41) is 0. The first kappa shape index (κ1) is 16.4. The van der Waals surface area contributed by atoms with Crippen LogP contribution in [-0.2, 0) is 6.42 Å². The number of benzene rings is 1. The highest BCUT2D eigenvalue weighted by Gasteiger charge is 2.32. The fraction of sp³-hybridized carbons (Fsp3) is 0.421. The average Bonchev–Trinajstić information content (AvgIpc) is 2.58. The predicted octanol–water partition coefficient (Wildman–Crippen LogP) is 2.93. The second-order valence-corrected chi connectivity index (χ2v) is 6.38. The van der Waals surface area contributed by atoms with Crippen molar-refractivity contribution in [3.63, 3.8) is 0 Å². The van der Waals surface area contributed by atoms with Gasteiger partial charge >= 0.3 is 0 Å². The van der Waals surface area contributed by atoms with E-state index in [9.17, 15) is 9.59 Å². The van der Waals surface area contributed by atoms with E-state index < -0.39 is 5.56 Å². The van der Waals surface area contributed by atoms with Gasteiger partial charge in [-0.25, -0.2) is 4.98 Å². The van der Waals surface area contributed by atoms with Gasteiger partial charge in [-0.15, -0.1) is 0 Å². The molecule has 1 aliphatic heterocycles. The van der Waals surface area contributed by atoms with Crippen LogP contribution in [0, 0.1) is 13.8 Å². The maximum atomic E-state index is 13.0. The van der Waals surface area contributed by atoms with Crippen LogP contribution in [0.2, 0.25) is 0 Å². The smallest absolute Gasteiger partial charge is 0.279 e. The molecule has 0 fully saturated rings. The van der Waals surface area contributed by atoms with Crippen LogP contribution in [0.25, 0.3) is 0 Å². The van der Waals surface area contributed by atoms with Crippen LogP contribution in [0.5, 0.6) is 0 Å². The van der Waals surface area contributed by atoms with Crippen molar-refractivity contribution in [2.45, 2.75) is 46.1 Å². The highest BCUT2D eigenvalue weighted by atomic mass is 16.2. The number of carbonyl (C=O) groups excluding carboxylic acids is 1. The van der Waals surface area contributed by atoms with Crippen LogP contribution in [0.15, 0.2) is 29.1 Å². The molecule has 0 saturated heterocycles. The molecule has 1 aromatic heterocycles. The Morgan fingerprint density at radius 1 is 1.33 bits per heavy atom. The number of rotatable bonds is 3. The van der Waals surface area contributed by atoms with Gasteiger partial charge in [0.05, 0.1) is 11.7 Å². The molecule has 5 nitrogen and oxygen atoms in total. The van der Waals surface area contributed by atoms with Crippen LogP contribution in [0.1, 0.15) is 58.8 Å². The number of aryl methyl sites for hydroxylation is 2. The summed E-state index contributed by atoms with van der Waals surface area (Å²) in [6, 6.07) is 8.27. The summed E-state index contributed by atoms with van der Waals surface area (Å²) < 4.78 is 0. The lowest BCUT2D eigenvalue weighted by atomic mass is 9.90. The minimum absolute atomic E-state index is 0.00131. The topological polar surface area (TPSA) is 66.1 Å². The fourth-order valence-corrected chi connectivity index (χ4v) is 3.38. The average molecular weight is 325 g/mol. The summed E-state index contributed by atoms with van der Waals surface area (Å²) in [6.45, 7) is 6.32. The van der Waals surface area contributed by atoms with E-state index in [1.807, 2.05) is 17.0 Å². The van der Waals surface area contributed by atoms with Crippen molar-refractivity contribution < 1.29 is 4.79 Å². The summed E-state index contributed by atoms with van der Waals surface area (Å²) in [5.41, 5.74) is 3.46. The molecule has 0 radical (unpaired) electrons. The number of nitrogens with one attached hydrogen (secondary N) is 1. The molecule has 0 saturated carbocycles. The van der Waals surface area contributed by atoms with Gasteiger partial charge in [-0.2, -0.15) is 0 Å². The fourth-order valence-electron chi connectivity index (χ4n) is 3.38. The van der Waals surface area contributed by atoms with Crippen molar-refractivity contribution in [2.24, 2.45) is 0 Å². The molecule has 0 unspecified atom stereocenters. The lowest BCUT2D eigenvalue weighted by molar-refractivity contribution is 0.0641. The van der Waals surface area contributed by atoms with Gasteiger partial charge in [-0.3, -0.25) is 9.59 Å². The van der Waals surface area contributed by atoms with E-state index in [1.54, 1.807) is 13.8 Å². The first-order valence-corrected chi connectivity index (χ1v) is 8.49. The molecule has 1 aliphatic rings. The zero-order valence-corrected chi connectivity index (χ0v) is 14.4. The SMILES string of the molecule is CCC[C@@H]1c2ccccc2CCN1C(=O)c1nc(C)c(C)[nH]c1=O. The maximum Gasteiger partial charge on any atom is 0.279 e. The molecule has 24 heavy (non-hydrogen) atoms. The number of carbonyl (C=O) groups is 1. The Hall–Kier alpha value is -2.43. The molecule has 1 N–H and O–H groups in total. The molecule has 1 amide bonds. The predicted molar refractivity (Wildman–Crippen MR) is 93.2 cm³/mol. The van der Waals surface area contributed by atoms with Crippen molar-refractivity contribution in [1.29, 1.82) is 0 Å². The van der Waals surface area contributed by atoms with E-state index in [4.69, 9.17) is 0 Å². The van der Waals surface area contributed by atoms with E-state index >= 15 is 0 Å². The molecule has 1 atom stereocenters. The highest BCUT2D eigenvalue weighted by Crippen LogP contribution is 2.33. The third-order valence-electron chi connectivity index (χ3n) is 4.78. The Labute approximate surface area is 141 Å². The largest absolute Gasteiger partial charge is 0.330 e. The second-order valence-electron chi connectivity index (χ2n) is 6.38. The quantitative estimate of drug-likeness (QED) is 0.943. The van der Waals surface area contributed by atoms with Crippen LogP contribution < -0.4 is 5.56 Å². The third-order valence-corrected chi connectivity index (χ3v) is 4.78. The van der Waals surface area contributed by atoms with Gasteiger partial charge in [0.25, 0.3) is 11.5 Å². The second kappa shape index (κ2) is 6.59. The van der Waals surface area contributed by atoms with Gasteiger partial charge in [-0.1, -0.05) is 37.6 Å². The monoisotopic (exact) mass is 325 g/mol. The van der Waals surface area contributed by atoms with Crippen molar-refractivity contribution in [1.82, 2.24) is 14.9 Å². The molecule has 126 valence electrons. The molecule has 3 rings (SSSR count). The van der Waals surface area contributed by atoms with Gasteiger partial charge < -0.3 is 9.88 Å². The number of H-pyrrole nitrogens is 1. The van der Waals surface area contributed by atoms with Gasteiger partial charge in [0, 0.05) is 12.2 Å². The Balaban J connectivity index is 2.01. The van der Waals surface area contributed by atoms with E-state index in [1.165, 1.54) is 11.1 Å². The summed E-state index contributed by atoms with van der Waals surface area (Å²) in [6.07, 6.45) is 2.66. The number of aromatic nitrogens is 2. The van der Waals surface area contributed by atoms with Crippen LogP contribution >= 0.6 is 0 Å². The Morgan fingerprint density at radius 2 is 2.08 bits per heavy atom. The lowest BCUT2D eigenvalue weighted by Gasteiger charge is -2.37. The Bertz CT molecular complexity index is 826. The van der Waals surface area contributed by atoms with E-state index in [2.05, 4.69) is 29.0 Å². The van der Waals surface area contributed by atoms with E-state index in [-0.39, 0.29) is 17.6 Å². The highest BCUT2D eigenvalue weighted by molar-refractivity contribution is 5.92. The van der Waals surface area contributed by atoms with Crippen molar-refractivity contribution in [2.75, 3.05) is 6.54 Å².